The molecule has 1 fully saturated rings. The summed E-state index contributed by atoms with van der Waals surface area (Å²) in [5, 5.41) is 21.9. The van der Waals surface area contributed by atoms with Crippen LogP contribution in [0.4, 0.5) is 10.0 Å². The van der Waals surface area contributed by atoms with Crippen molar-refractivity contribution in [3.63, 3.8) is 0 Å². The van der Waals surface area contributed by atoms with E-state index in [2.05, 4.69) is 22.5 Å². The Morgan fingerprint density at radius 2 is 2.22 bits per heavy atom. The summed E-state index contributed by atoms with van der Waals surface area (Å²) in [5.41, 5.74) is 3.47. The van der Waals surface area contributed by atoms with Gasteiger partial charge < -0.3 is 14.7 Å². The molecule has 2 bridgehead atoms. The number of methoxy groups -OCH3 is 1. The van der Waals surface area contributed by atoms with Crippen LogP contribution in [0.3, 0.4) is 0 Å². The summed E-state index contributed by atoms with van der Waals surface area (Å²) in [6.07, 6.45) is 6.27. The summed E-state index contributed by atoms with van der Waals surface area (Å²) in [4.78, 5) is 7.02. The molecule has 0 radical (unpaired) electrons. The fourth-order valence-corrected chi connectivity index (χ4v) is 5.20. The van der Waals surface area contributed by atoms with Crippen LogP contribution in [0.1, 0.15) is 41.0 Å². The fraction of sp³-hybridized carbons (Fsp3) is 0.333. The maximum absolute atomic E-state index is 10.2. The number of anilines is 1. The number of aliphatic imine (C=N–C) groups is 1. The zero-order valence-electron chi connectivity index (χ0n) is 15.2. The fourth-order valence-electron chi connectivity index (χ4n) is 3.97. The maximum atomic E-state index is 10.2. The molecule has 5 rings (SSSR count). The lowest BCUT2D eigenvalue weighted by Crippen LogP contribution is -2.37. The van der Waals surface area contributed by atoms with Gasteiger partial charge >= 0.3 is 0 Å². The molecule has 3 aliphatic heterocycles. The number of fused-ring (bicyclic) bond motifs is 2. The van der Waals surface area contributed by atoms with Crippen LogP contribution in [0, 0.1) is 11.3 Å². The molecule has 3 aliphatic rings. The Bertz CT molecular complexity index is 963. The number of ether oxygens (including phenoxy) is 1. The molecule has 2 aromatic rings. The van der Waals surface area contributed by atoms with E-state index in [-0.39, 0.29) is 5.75 Å². The van der Waals surface area contributed by atoms with Crippen LogP contribution < -0.4 is 9.64 Å². The van der Waals surface area contributed by atoms with E-state index < -0.39 is 0 Å². The number of rotatable bonds is 5. The monoisotopic (exact) mass is 379 g/mol. The summed E-state index contributed by atoms with van der Waals surface area (Å²) in [5.74, 6) is 1.03. The third kappa shape index (κ3) is 2.98. The number of allylic oxidation sites excluding steroid dienone is 1. The standard InChI is InChI=1S/C21H21N3O2S/c1-3-4-15-9-13(10-17(26-2)19(15)25)12-23-20-16(11-22)18-14-5-7-24(8-6-14)21(18)27-20/h3,9-10,12,14,25H,1,4-8H2,2H3. The summed E-state index contributed by atoms with van der Waals surface area (Å²) in [6.45, 7) is 5.88. The average molecular weight is 379 g/mol. The van der Waals surface area contributed by atoms with Crippen molar-refractivity contribution in [3.05, 3.63) is 47.0 Å². The highest BCUT2D eigenvalue weighted by Gasteiger charge is 2.36. The molecular formula is C21H21N3O2S. The molecule has 4 heterocycles. The van der Waals surface area contributed by atoms with Crippen LogP contribution in [0.15, 0.2) is 29.8 Å². The van der Waals surface area contributed by atoms with Crippen molar-refractivity contribution in [1.82, 2.24) is 0 Å². The number of hydrogen-bond donors (Lipinski definition) is 1. The second-order valence-corrected chi connectivity index (χ2v) is 7.83. The van der Waals surface area contributed by atoms with Crippen molar-refractivity contribution in [2.45, 2.75) is 25.2 Å². The van der Waals surface area contributed by atoms with Gasteiger partial charge in [0.25, 0.3) is 0 Å². The number of nitrogens with zero attached hydrogens (tertiary/aromatic N) is 3. The van der Waals surface area contributed by atoms with E-state index in [0.29, 0.717) is 18.1 Å². The largest absolute Gasteiger partial charge is 0.504 e. The first-order valence-electron chi connectivity index (χ1n) is 9.02. The molecule has 1 N–H and O–H groups in total. The smallest absolute Gasteiger partial charge is 0.161 e. The van der Waals surface area contributed by atoms with Gasteiger partial charge in [0.05, 0.1) is 17.7 Å². The molecule has 1 aromatic carbocycles. The van der Waals surface area contributed by atoms with E-state index in [1.807, 2.05) is 6.07 Å². The molecule has 1 aromatic heterocycles. The molecule has 1 saturated heterocycles. The Hall–Kier alpha value is -2.78. The minimum absolute atomic E-state index is 0.128. The van der Waals surface area contributed by atoms with Gasteiger partial charge in [-0.1, -0.05) is 17.4 Å². The van der Waals surface area contributed by atoms with E-state index in [4.69, 9.17) is 4.74 Å². The van der Waals surface area contributed by atoms with Gasteiger partial charge in [0.15, 0.2) is 11.5 Å². The lowest BCUT2D eigenvalue weighted by Gasteiger charge is -2.39. The van der Waals surface area contributed by atoms with Crippen LogP contribution in [-0.4, -0.2) is 31.5 Å². The Balaban J connectivity index is 1.72. The molecule has 0 saturated carbocycles. The van der Waals surface area contributed by atoms with E-state index in [1.165, 1.54) is 17.7 Å². The summed E-state index contributed by atoms with van der Waals surface area (Å²) >= 11 is 1.61. The predicted molar refractivity (Wildman–Crippen MR) is 109 cm³/mol. The van der Waals surface area contributed by atoms with Gasteiger partial charge in [-0.25, -0.2) is 4.99 Å². The first-order chi connectivity index (χ1) is 13.2. The van der Waals surface area contributed by atoms with Gasteiger partial charge in [-0.15, -0.1) is 6.58 Å². The van der Waals surface area contributed by atoms with Crippen molar-refractivity contribution in [2.24, 2.45) is 4.99 Å². The zero-order valence-corrected chi connectivity index (χ0v) is 16.1. The lowest BCUT2D eigenvalue weighted by molar-refractivity contribution is 0.371. The second kappa shape index (κ2) is 7.09. The third-order valence-electron chi connectivity index (χ3n) is 5.30. The van der Waals surface area contributed by atoms with Crippen LogP contribution in [0.2, 0.25) is 0 Å². The van der Waals surface area contributed by atoms with E-state index in [9.17, 15) is 10.4 Å². The molecule has 27 heavy (non-hydrogen) atoms. The van der Waals surface area contributed by atoms with Crippen molar-refractivity contribution in [3.8, 4) is 17.6 Å². The van der Waals surface area contributed by atoms with Crippen LogP contribution in [0.25, 0.3) is 0 Å². The van der Waals surface area contributed by atoms with E-state index in [1.54, 1.807) is 29.7 Å². The highest BCUT2D eigenvalue weighted by atomic mass is 32.1. The quantitative estimate of drug-likeness (QED) is 0.613. The molecule has 6 heteroatoms. The topological polar surface area (TPSA) is 68.9 Å². The predicted octanol–water partition coefficient (Wildman–Crippen LogP) is 4.51. The number of nitriles is 1. The Kier molecular flexibility index (Phi) is 4.63. The first kappa shape index (κ1) is 17.6. The van der Waals surface area contributed by atoms with Crippen molar-refractivity contribution < 1.29 is 9.84 Å². The second-order valence-electron chi connectivity index (χ2n) is 6.86. The average Bonchev–Trinajstić information content (AvgIpc) is 3.10. The van der Waals surface area contributed by atoms with Crippen LogP contribution >= 0.6 is 11.3 Å². The van der Waals surface area contributed by atoms with Crippen molar-refractivity contribution in [2.75, 3.05) is 25.1 Å². The number of phenols is 1. The van der Waals surface area contributed by atoms with E-state index in [0.717, 1.165) is 47.6 Å². The summed E-state index contributed by atoms with van der Waals surface area (Å²) < 4.78 is 5.27. The number of hydrogen-bond acceptors (Lipinski definition) is 6. The third-order valence-corrected chi connectivity index (χ3v) is 6.47. The molecular weight excluding hydrogens is 358 g/mol. The summed E-state index contributed by atoms with van der Waals surface area (Å²) in [7, 11) is 1.53. The number of aromatic hydroxyl groups is 1. The number of piperidine rings is 1. The Labute approximate surface area is 162 Å². The van der Waals surface area contributed by atoms with Gasteiger partial charge in [0.2, 0.25) is 0 Å². The highest BCUT2D eigenvalue weighted by molar-refractivity contribution is 7.20. The normalized spacial score (nSPS) is 15.8. The number of thiophene rings is 1. The van der Waals surface area contributed by atoms with E-state index >= 15 is 0 Å². The SMILES string of the molecule is C=CCc1cc(C=Nc2sc3c(c2C#N)C2CCN3CC2)cc(OC)c1O. The number of benzene rings is 1. The van der Waals surface area contributed by atoms with Crippen molar-refractivity contribution >= 4 is 27.6 Å². The van der Waals surface area contributed by atoms with Gasteiger partial charge in [-0.2, -0.15) is 5.26 Å². The van der Waals surface area contributed by atoms with Gasteiger partial charge in [0, 0.05) is 30.4 Å². The molecule has 0 amide bonds. The molecule has 5 nitrogen and oxygen atoms in total. The van der Waals surface area contributed by atoms with Crippen LogP contribution in [0.5, 0.6) is 11.5 Å². The van der Waals surface area contributed by atoms with Gasteiger partial charge in [0.1, 0.15) is 11.1 Å². The molecule has 0 unspecified atom stereocenters. The minimum atomic E-state index is 0.128. The van der Waals surface area contributed by atoms with Crippen molar-refractivity contribution in [1.29, 1.82) is 5.26 Å². The summed E-state index contributed by atoms with van der Waals surface area (Å²) in [6, 6.07) is 6.00. The molecule has 138 valence electrons. The molecule has 0 atom stereocenters. The lowest BCUT2D eigenvalue weighted by atomic mass is 9.84. The minimum Gasteiger partial charge on any atom is -0.504 e. The van der Waals surface area contributed by atoms with Gasteiger partial charge in [-0.3, -0.25) is 0 Å². The maximum Gasteiger partial charge on any atom is 0.161 e. The zero-order chi connectivity index (χ0) is 19.0. The highest BCUT2D eigenvalue weighted by Crippen LogP contribution is 2.52. The Morgan fingerprint density at radius 1 is 1.44 bits per heavy atom. The number of phenolic OH excluding ortho intramolecular Hbond substituents is 1. The first-order valence-corrected chi connectivity index (χ1v) is 9.84. The molecule has 0 spiro atoms. The Morgan fingerprint density at radius 3 is 2.89 bits per heavy atom. The molecule has 0 aliphatic carbocycles. The van der Waals surface area contributed by atoms with Gasteiger partial charge in [-0.05, 0) is 42.9 Å². The van der Waals surface area contributed by atoms with Crippen LogP contribution in [-0.2, 0) is 6.42 Å².